The topological polar surface area (TPSA) is 134 Å². The summed E-state index contributed by atoms with van der Waals surface area (Å²) in [5, 5.41) is 24.8. The van der Waals surface area contributed by atoms with Crippen LogP contribution in [0, 0.1) is 23.7 Å². The molecule has 1 aliphatic carbocycles. The van der Waals surface area contributed by atoms with E-state index in [9.17, 15) is 29.4 Å². The van der Waals surface area contributed by atoms with E-state index in [4.69, 9.17) is 9.47 Å². The summed E-state index contributed by atoms with van der Waals surface area (Å²) in [4.78, 5) is 57.1. The lowest BCUT2D eigenvalue weighted by atomic mass is 9.55. The lowest BCUT2D eigenvalue weighted by molar-refractivity contribution is -0.187. The van der Waals surface area contributed by atoms with Crippen LogP contribution in [0.2, 0.25) is 0 Å². The highest BCUT2D eigenvalue weighted by Gasteiger charge is 2.64. The van der Waals surface area contributed by atoms with Gasteiger partial charge in [0.05, 0.1) is 23.7 Å². The van der Waals surface area contributed by atoms with Crippen molar-refractivity contribution in [1.29, 1.82) is 0 Å². The van der Waals surface area contributed by atoms with Gasteiger partial charge in [0.1, 0.15) is 23.0 Å². The maximum Gasteiger partial charge on any atom is 0.308 e. The highest BCUT2D eigenvalue weighted by molar-refractivity contribution is 5.99. The molecule has 0 unspecified atom stereocenters. The van der Waals surface area contributed by atoms with E-state index in [1.807, 2.05) is 123 Å². The zero-order chi connectivity index (χ0) is 40.8. The van der Waals surface area contributed by atoms with Gasteiger partial charge >= 0.3 is 11.9 Å². The van der Waals surface area contributed by atoms with Crippen LogP contribution in [0.3, 0.4) is 0 Å². The number of fused-ring (bicyclic) bond motifs is 2. The molecule has 4 atom stereocenters. The molecule has 6 aromatic carbocycles. The Bertz CT molecular complexity index is 2260. The molecule has 0 aliphatic heterocycles. The third-order valence-corrected chi connectivity index (χ3v) is 10.8. The summed E-state index contributed by atoms with van der Waals surface area (Å²) in [5.74, 6) is -7.12. The van der Waals surface area contributed by atoms with Gasteiger partial charge in [-0.25, -0.2) is 0 Å². The maximum absolute atomic E-state index is 14.4. The molecule has 58 heavy (non-hydrogen) atoms. The molecule has 10 nitrogen and oxygen atoms in total. The number of carboxylic acids is 2. The Morgan fingerprint density at radius 1 is 0.466 bits per heavy atom. The molecule has 1 aliphatic rings. The van der Waals surface area contributed by atoms with Gasteiger partial charge in [-0.15, -0.1) is 0 Å². The monoisotopic (exact) mass is 778 g/mol. The normalized spacial score (nSPS) is 17.3. The summed E-state index contributed by atoms with van der Waals surface area (Å²) in [6, 6.07) is 42.3. The Morgan fingerprint density at radius 2 is 0.810 bits per heavy atom. The predicted octanol–water partition coefficient (Wildman–Crippen LogP) is 9.40. The van der Waals surface area contributed by atoms with Gasteiger partial charge < -0.3 is 29.5 Å². The van der Waals surface area contributed by atoms with Crippen molar-refractivity contribution in [2.24, 2.45) is 23.7 Å². The molecule has 0 bridgehead atoms. The van der Waals surface area contributed by atoms with E-state index in [1.54, 1.807) is 24.3 Å². The zero-order valence-corrected chi connectivity index (χ0v) is 32.5. The van der Waals surface area contributed by atoms with Crippen LogP contribution in [-0.2, 0) is 32.3 Å². The van der Waals surface area contributed by atoms with Crippen molar-refractivity contribution in [3.8, 4) is 23.0 Å². The number of carboxylic acid groups (broad SMARTS) is 2. The minimum absolute atomic E-state index is 0.150. The van der Waals surface area contributed by atoms with Gasteiger partial charge in [-0.05, 0) is 94.0 Å². The van der Waals surface area contributed by atoms with Crippen LogP contribution >= 0.6 is 0 Å². The third kappa shape index (κ3) is 8.66. The Morgan fingerprint density at radius 3 is 1.16 bits per heavy atom. The Labute approximate surface area is 337 Å². The zero-order valence-electron chi connectivity index (χ0n) is 32.5. The number of hydrogen-bond acceptors (Lipinski definition) is 6. The number of nitrogens with zero attached hydrogens (tertiary/aromatic N) is 2. The van der Waals surface area contributed by atoms with Crippen molar-refractivity contribution < 1.29 is 38.9 Å². The average Bonchev–Trinajstić information content (AvgIpc) is 3.21. The molecule has 296 valence electrons. The molecule has 0 spiro atoms. The smallest absolute Gasteiger partial charge is 0.308 e. The van der Waals surface area contributed by atoms with Gasteiger partial charge in [-0.2, -0.15) is 0 Å². The van der Waals surface area contributed by atoms with Crippen LogP contribution in [0.1, 0.15) is 37.8 Å². The van der Waals surface area contributed by atoms with E-state index in [0.717, 1.165) is 32.7 Å². The molecule has 0 aromatic heterocycles. The molecule has 0 saturated heterocycles. The fourth-order valence-electron chi connectivity index (χ4n) is 7.97. The number of rotatable bonds is 16. The van der Waals surface area contributed by atoms with Gasteiger partial charge in [-0.3, -0.25) is 19.2 Å². The first kappa shape index (κ1) is 39.6. The minimum Gasteiger partial charge on any atom is -0.481 e. The summed E-state index contributed by atoms with van der Waals surface area (Å²) in [5.41, 5.74) is 1.55. The summed E-state index contributed by atoms with van der Waals surface area (Å²) in [6.45, 7) is 4.69. The van der Waals surface area contributed by atoms with E-state index in [2.05, 4.69) is 0 Å². The second kappa shape index (κ2) is 17.6. The van der Waals surface area contributed by atoms with Crippen molar-refractivity contribution in [2.45, 2.75) is 39.8 Å². The number of hydrogen-bond donors (Lipinski definition) is 2. The summed E-state index contributed by atoms with van der Waals surface area (Å²) >= 11 is 0. The molecule has 0 heterocycles. The first-order valence-electron chi connectivity index (χ1n) is 19.7. The fourth-order valence-corrected chi connectivity index (χ4v) is 7.97. The fraction of sp³-hybridized carbons (Fsp3) is 0.250. The lowest BCUT2D eigenvalue weighted by Gasteiger charge is -2.48. The van der Waals surface area contributed by atoms with Crippen LogP contribution in [0.5, 0.6) is 23.0 Å². The van der Waals surface area contributed by atoms with Gasteiger partial charge in [0.25, 0.3) is 0 Å². The van der Waals surface area contributed by atoms with E-state index >= 15 is 0 Å². The molecule has 1 saturated carbocycles. The highest BCUT2D eigenvalue weighted by atomic mass is 16.5. The van der Waals surface area contributed by atoms with Crippen molar-refractivity contribution in [3.05, 3.63) is 145 Å². The summed E-state index contributed by atoms with van der Waals surface area (Å²) < 4.78 is 12.2. The number of ether oxygens (including phenoxy) is 2. The van der Waals surface area contributed by atoms with E-state index in [0.29, 0.717) is 48.9 Å². The Balaban J connectivity index is 1.06. The van der Waals surface area contributed by atoms with Crippen molar-refractivity contribution in [3.63, 3.8) is 0 Å². The summed E-state index contributed by atoms with van der Waals surface area (Å²) in [6.07, 6.45) is 1.14. The van der Waals surface area contributed by atoms with E-state index in [1.165, 1.54) is 9.80 Å². The van der Waals surface area contributed by atoms with Crippen LogP contribution in [0.15, 0.2) is 133 Å². The molecule has 0 radical (unpaired) electrons. The van der Waals surface area contributed by atoms with Crippen LogP contribution in [0.4, 0.5) is 0 Å². The van der Waals surface area contributed by atoms with Gasteiger partial charge in [0.2, 0.25) is 11.8 Å². The first-order valence-corrected chi connectivity index (χ1v) is 19.7. The van der Waals surface area contributed by atoms with Gasteiger partial charge in [0, 0.05) is 26.2 Å². The standard InChI is InChI=1S/C48H46N2O8/c1-3-25-49(29-31-13-19-37(20-14-31)57-39-23-17-33-9-5-7-11-35(33)27-39)45(51)41-42(44(48(55)56)43(41)47(53)54)46(52)50(26-4-2)30-32-15-21-38(22-16-32)58-40-24-18-34-10-6-8-12-36(34)28-40/h5-24,27-28,41-44H,3-4,25-26,29-30H2,1-2H3,(H,53,54)(H,55,56)/t41-,42-,43-,44-/m1/s1. The van der Waals surface area contributed by atoms with Crippen molar-refractivity contribution in [1.82, 2.24) is 9.80 Å². The maximum atomic E-state index is 14.4. The molecule has 7 rings (SSSR count). The number of benzene rings is 6. The minimum atomic E-state index is -1.55. The highest BCUT2D eigenvalue weighted by Crippen LogP contribution is 2.49. The number of amides is 2. The summed E-state index contributed by atoms with van der Waals surface area (Å²) in [7, 11) is 0. The van der Waals surface area contributed by atoms with E-state index in [-0.39, 0.29) is 13.1 Å². The molecule has 2 amide bonds. The number of carbonyl (C=O) groups is 4. The second-order valence-corrected chi connectivity index (χ2v) is 14.8. The molecule has 2 N–H and O–H groups in total. The molecule has 10 heteroatoms. The third-order valence-electron chi connectivity index (χ3n) is 10.8. The lowest BCUT2D eigenvalue weighted by Crippen LogP contribution is -2.64. The number of carbonyl (C=O) groups excluding carboxylic acids is 2. The molecule has 1 fully saturated rings. The van der Waals surface area contributed by atoms with Gasteiger partial charge in [0.15, 0.2) is 0 Å². The average molecular weight is 779 g/mol. The van der Waals surface area contributed by atoms with Crippen LogP contribution in [0.25, 0.3) is 21.5 Å². The predicted molar refractivity (Wildman–Crippen MR) is 222 cm³/mol. The van der Waals surface area contributed by atoms with Crippen LogP contribution in [-0.4, -0.2) is 56.9 Å². The molecule has 6 aromatic rings. The Kier molecular flexibility index (Phi) is 12.0. The molecular weight excluding hydrogens is 733 g/mol. The second-order valence-electron chi connectivity index (χ2n) is 14.8. The number of aliphatic carboxylic acids is 2. The van der Waals surface area contributed by atoms with Crippen molar-refractivity contribution >= 4 is 45.3 Å². The van der Waals surface area contributed by atoms with Crippen molar-refractivity contribution in [2.75, 3.05) is 13.1 Å². The molecular formula is C48H46N2O8. The van der Waals surface area contributed by atoms with E-state index < -0.39 is 47.4 Å². The largest absolute Gasteiger partial charge is 0.481 e. The first-order chi connectivity index (χ1) is 28.1. The quantitative estimate of drug-likeness (QED) is 0.0993. The SMILES string of the molecule is CCCN(Cc1ccc(Oc2ccc3ccccc3c2)cc1)C(=O)[C@H]1[C@@H](C(=O)O)[C@H](C(=O)O)[C@@H]1C(=O)N(CCC)Cc1ccc(Oc2ccc3ccccc3c2)cc1. The Hall–Kier alpha value is -6.68. The van der Waals surface area contributed by atoms with Crippen LogP contribution < -0.4 is 9.47 Å². The van der Waals surface area contributed by atoms with Gasteiger partial charge in [-0.1, -0.05) is 98.8 Å².